The van der Waals surface area contributed by atoms with E-state index in [1.54, 1.807) is 48.5 Å². The fourth-order valence-corrected chi connectivity index (χ4v) is 2.91. The first-order chi connectivity index (χ1) is 13.1. The van der Waals surface area contributed by atoms with Crippen molar-refractivity contribution in [2.45, 2.75) is 13.8 Å². The van der Waals surface area contributed by atoms with Crippen molar-refractivity contribution in [3.05, 3.63) is 59.3 Å². The van der Waals surface area contributed by atoms with Crippen LogP contribution in [0.25, 0.3) is 0 Å². The Hall–Kier alpha value is -2.99. The molecule has 0 saturated carbocycles. The van der Waals surface area contributed by atoms with E-state index in [9.17, 15) is 9.59 Å². The van der Waals surface area contributed by atoms with E-state index in [4.69, 9.17) is 21.1 Å². The highest BCUT2D eigenvalue weighted by atomic mass is 35.5. The quantitative estimate of drug-likeness (QED) is 0.730. The smallest absolute Gasteiger partial charge is 0.283 e. The van der Waals surface area contributed by atoms with Crippen molar-refractivity contribution >= 4 is 34.8 Å². The maximum atomic E-state index is 12.9. The van der Waals surface area contributed by atoms with E-state index < -0.39 is 11.8 Å². The van der Waals surface area contributed by atoms with Crippen LogP contribution in [0.2, 0.25) is 0 Å². The van der Waals surface area contributed by atoms with Crippen LogP contribution in [0, 0.1) is 0 Å². The summed E-state index contributed by atoms with van der Waals surface area (Å²) in [5, 5.41) is 2.76. The molecule has 140 valence electrons. The second-order valence-corrected chi connectivity index (χ2v) is 6.00. The second kappa shape index (κ2) is 8.14. The molecule has 0 unspecified atom stereocenters. The average Bonchev–Trinajstić information content (AvgIpc) is 2.88. The number of halogens is 1. The monoisotopic (exact) mass is 386 g/mol. The molecular weight excluding hydrogens is 368 g/mol. The lowest BCUT2D eigenvalue weighted by Gasteiger charge is -2.18. The average molecular weight is 387 g/mol. The standard InChI is InChI=1S/C20H19ClN2O4/c1-3-26-14-11-9-13(10-12-14)22-18-17(21)19(24)23(20(18)25)15-7-5-6-8-16(15)27-4-2/h5-12,22H,3-4H2,1-2H3. The minimum atomic E-state index is -0.595. The molecule has 1 heterocycles. The second-order valence-electron chi connectivity index (χ2n) is 5.62. The number of imide groups is 1. The Kier molecular flexibility index (Phi) is 5.66. The summed E-state index contributed by atoms with van der Waals surface area (Å²) in [7, 11) is 0. The molecular formula is C20H19ClN2O4. The molecule has 0 aromatic heterocycles. The third kappa shape index (κ3) is 3.75. The van der Waals surface area contributed by atoms with E-state index in [0.29, 0.717) is 36.1 Å². The lowest BCUT2D eigenvalue weighted by atomic mass is 10.2. The van der Waals surface area contributed by atoms with Gasteiger partial charge in [-0.3, -0.25) is 9.59 Å². The van der Waals surface area contributed by atoms with Gasteiger partial charge in [-0.2, -0.15) is 0 Å². The summed E-state index contributed by atoms with van der Waals surface area (Å²) in [6.07, 6.45) is 0. The van der Waals surface area contributed by atoms with Crippen LogP contribution >= 0.6 is 11.6 Å². The van der Waals surface area contributed by atoms with E-state index in [-0.39, 0.29) is 10.7 Å². The van der Waals surface area contributed by atoms with Gasteiger partial charge in [0.2, 0.25) is 0 Å². The fourth-order valence-electron chi connectivity index (χ4n) is 2.70. The first-order valence-electron chi connectivity index (χ1n) is 8.57. The van der Waals surface area contributed by atoms with Crippen LogP contribution in [0.5, 0.6) is 11.5 Å². The van der Waals surface area contributed by atoms with Gasteiger partial charge in [-0.05, 0) is 50.2 Å². The van der Waals surface area contributed by atoms with Crippen molar-refractivity contribution in [1.82, 2.24) is 0 Å². The Morgan fingerprint density at radius 2 is 1.59 bits per heavy atom. The molecule has 2 aromatic carbocycles. The topological polar surface area (TPSA) is 67.9 Å². The molecule has 0 radical (unpaired) electrons. The van der Waals surface area contributed by atoms with Crippen LogP contribution in [0.1, 0.15) is 13.8 Å². The van der Waals surface area contributed by atoms with E-state index in [2.05, 4.69) is 5.32 Å². The Bertz CT molecular complexity index is 893. The number of rotatable bonds is 7. The number of carbonyl (C=O) groups is 2. The van der Waals surface area contributed by atoms with Crippen molar-refractivity contribution in [1.29, 1.82) is 0 Å². The van der Waals surface area contributed by atoms with Crippen LogP contribution < -0.4 is 19.7 Å². The first-order valence-corrected chi connectivity index (χ1v) is 8.94. The van der Waals surface area contributed by atoms with Gasteiger partial charge in [-0.15, -0.1) is 0 Å². The largest absolute Gasteiger partial charge is 0.494 e. The Balaban J connectivity index is 1.86. The van der Waals surface area contributed by atoms with E-state index in [1.807, 2.05) is 13.8 Å². The van der Waals surface area contributed by atoms with Crippen LogP contribution in [0.4, 0.5) is 11.4 Å². The number of para-hydroxylation sites is 2. The molecule has 6 nitrogen and oxygen atoms in total. The number of anilines is 2. The van der Waals surface area contributed by atoms with Crippen LogP contribution in [-0.2, 0) is 9.59 Å². The molecule has 1 N–H and O–H groups in total. The lowest BCUT2D eigenvalue weighted by Crippen LogP contribution is -2.32. The Morgan fingerprint density at radius 1 is 0.926 bits per heavy atom. The van der Waals surface area contributed by atoms with Crippen LogP contribution in [0.3, 0.4) is 0 Å². The van der Waals surface area contributed by atoms with Gasteiger partial charge in [-0.1, -0.05) is 23.7 Å². The predicted octanol–water partition coefficient (Wildman–Crippen LogP) is 3.92. The van der Waals surface area contributed by atoms with E-state index in [1.165, 1.54) is 0 Å². The number of ether oxygens (including phenoxy) is 2. The zero-order chi connectivity index (χ0) is 19.4. The molecule has 3 rings (SSSR count). The van der Waals surface area contributed by atoms with E-state index in [0.717, 1.165) is 4.90 Å². The minimum Gasteiger partial charge on any atom is -0.494 e. The van der Waals surface area contributed by atoms with Gasteiger partial charge in [0.25, 0.3) is 11.8 Å². The van der Waals surface area contributed by atoms with Crippen molar-refractivity contribution < 1.29 is 19.1 Å². The normalized spacial score (nSPS) is 14.0. The third-order valence-corrected chi connectivity index (χ3v) is 4.22. The Morgan fingerprint density at radius 3 is 2.26 bits per heavy atom. The van der Waals surface area contributed by atoms with E-state index >= 15 is 0 Å². The number of amides is 2. The van der Waals surface area contributed by atoms with Crippen LogP contribution in [-0.4, -0.2) is 25.0 Å². The molecule has 7 heteroatoms. The fraction of sp³-hybridized carbons (Fsp3) is 0.200. The van der Waals surface area contributed by atoms with Gasteiger partial charge in [-0.25, -0.2) is 4.90 Å². The number of nitrogens with one attached hydrogen (secondary N) is 1. The molecule has 1 aliphatic rings. The van der Waals surface area contributed by atoms with Crippen molar-refractivity contribution in [2.75, 3.05) is 23.4 Å². The molecule has 0 bridgehead atoms. The summed E-state index contributed by atoms with van der Waals surface area (Å²) >= 11 is 6.17. The highest BCUT2D eigenvalue weighted by Gasteiger charge is 2.40. The highest BCUT2D eigenvalue weighted by Crippen LogP contribution is 2.35. The maximum absolute atomic E-state index is 12.9. The molecule has 0 fully saturated rings. The molecule has 27 heavy (non-hydrogen) atoms. The van der Waals surface area contributed by atoms with Gasteiger partial charge >= 0.3 is 0 Å². The molecule has 1 aliphatic heterocycles. The van der Waals surface area contributed by atoms with Gasteiger partial charge in [0.05, 0.1) is 18.9 Å². The molecule has 2 aromatic rings. The van der Waals surface area contributed by atoms with Gasteiger partial charge in [0, 0.05) is 5.69 Å². The number of benzene rings is 2. The van der Waals surface area contributed by atoms with Gasteiger partial charge < -0.3 is 14.8 Å². The highest BCUT2D eigenvalue weighted by molar-refractivity contribution is 6.53. The molecule has 0 atom stereocenters. The summed E-state index contributed by atoms with van der Waals surface area (Å²) < 4.78 is 10.9. The summed E-state index contributed by atoms with van der Waals surface area (Å²) in [6, 6.07) is 13.9. The van der Waals surface area contributed by atoms with Crippen LogP contribution in [0.15, 0.2) is 59.3 Å². The molecule has 0 aliphatic carbocycles. The molecule has 0 spiro atoms. The minimum absolute atomic E-state index is 0.0251. The number of hydrogen-bond acceptors (Lipinski definition) is 5. The number of nitrogens with zero attached hydrogens (tertiary/aromatic N) is 1. The number of hydrogen-bond donors (Lipinski definition) is 1. The number of carbonyl (C=O) groups excluding carboxylic acids is 2. The third-order valence-electron chi connectivity index (χ3n) is 3.87. The zero-order valence-electron chi connectivity index (χ0n) is 15.0. The summed E-state index contributed by atoms with van der Waals surface area (Å²) in [4.78, 5) is 26.5. The summed E-state index contributed by atoms with van der Waals surface area (Å²) in [5.74, 6) is 0.0194. The van der Waals surface area contributed by atoms with Crippen molar-refractivity contribution in [2.24, 2.45) is 0 Å². The van der Waals surface area contributed by atoms with Gasteiger partial charge in [0.15, 0.2) is 0 Å². The van der Waals surface area contributed by atoms with Gasteiger partial charge in [0.1, 0.15) is 22.2 Å². The molecule has 2 amide bonds. The predicted molar refractivity (Wildman–Crippen MR) is 104 cm³/mol. The maximum Gasteiger partial charge on any atom is 0.283 e. The zero-order valence-corrected chi connectivity index (χ0v) is 15.7. The summed E-state index contributed by atoms with van der Waals surface area (Å²) in [5.41, 5.74) is 1.00. The Labute approximate surface area is 162 Å². The molecule has 0 saturated heterocycles. The van der Waals surface area contributed by atoms with Crippen molar-refractivity contribution in [3.63, 3.8) is 0 Å². The lowest BCUT2D eigenvalue weighted by molar-refractivity contribution is -0.120. The SMILES string of the molecule is CCOc1ccc(NC2=C(Cl)C(=O)N(c3ccccc3OCC)C2=O)cc1. The summed E-state index contributed by atoms with van der Waals surface area (Å²) in [6.45, 7) is 4.69. The van der Waals surface area contributed by atoms with Crippen molar-refractivity contribution in [3.8, 4) is 11.5 Å². The first kappa shape index (κ1) is 18.8.